The summed E-state index contributed by atoms with van der Waals surface area (Å²) in [6.07, 6.45) is 5.25. The number of nitrogens with one attached hydrogen (secondary N) is 3. The molecule has 0 aliphatic heterocycles. The Kier molecular flexibility index (Phi) is 5.82. The number of aromatic amines is 2. The number of hydrogen-bond donors (Lipinski definition) is 3. The molecule has 1 aromatic carbocycles. The highest BCUT2D eigenvalue weighted by Crippen LogP contribution is 2.34. The molecule has 37 heavy (non-hydrogen) atoms. The molecule has 6 aromatic rings. The molecular formula is C28H25FN8. The molecule has 0 saturated heterocycles. The first-order valence-electron chi connectivity index (χ1n) is 12.0. The van der Waals surface area contributed by atoms with Crippen molar-refractivity contribution in [3.8, 4) is 34.0 Å². The predicted molar refractivity (Wildman–Crippen MR) is 145 cm³/mol. The maximum Gasteiger partial charge on any atom is 0.125 e. The van der Waals surface area contributed by atoms with Gasteiger partial charge in [-0.1, -0.05) is 6.07 Å². The van der Waals surface area contributed by atoms with Gasteiger partial charge >= 0.3 is 0 Å². The fourth-order valence-electron chi connectivity index (χ4n) is 4.44. The summed E-state index contributed by atoms with van der Waals surface area (Å²) >= 11 is 0. The Morgan fingerprint density at radius 1 is 0.865 bits per heavy atom. The number of aromatic nitrogens is 6. The third-order valence-electron chi connectivity index (χ3n) is 6.24. The normalized spacial score (nSPS) is 11.6. The van der Waals surface area contributed by atoms with Crippen LogP contribution in [0.1, 0.15) is 0 Å². The zero-order valence-electron chi connectivity index (χ0n) is 20.5. The molecule has 8 nitrogen and oxygen atoms in total. The third kappa shape index (κ3) is 4.52. The first-order valence-corrected chi connectivity index (χ1v) is 12.0. The Morgan fingerprint density at radius 2 is 1.76 bits per heavy atom. The van der Waals surface area contributed by atoms with Crippen LogP contribution in [-0.4, -0.2) is 62.2 Å². The van der Waals surface area contributed by atoms with E-state index < -0.39 is 0 Å². The van der Waals surface area contributed by atoms with E-state index in [1.807, 2.05) is 56.6 Å². The quantitative estimate of drug-likeness (QED) is 0.278. The Morgan fingerprint density at radius 3 is 2.59 bits per heavy atom. The van der Waals surface area contributed by atoms with Crippen molar-refractivity contribution in [1.82, 2.24) is 35.0 Å². The number of likely N-dealkylation sites (N-methyl/N-ethyl adjacent to an activating group) is 1. The van der Waals surface area contributed by atoms with E-state index in [2.05, 4.69) is 40.3 Å². The fourth-order valence-corrected chi connectivity index (χ4v) is 4.44. The Bertz CT molecular complexity index is 1700. The number of halogens is 1. The average Bonchev–Trinajstić information content (AvgIpc) is 3.52. The van der Waals surface area contributed by atoms with Crippen molar-refractivity contribution < 1.29 is 4.39 Å². The maximum atomic E-state index is 14.6. The van der Waals surface area contributed by atoms with Gasteiger partial charge < -0.3 is 15.2 Å². The number of pyridine rings is 3. The molecule has 0 radical (unpaired) electrons. The van der Waals surface area contributed by atoms with Crippen molar-refractivity contribution in [2.75, 3.05) is 32.5 Å². The maximum absolute atomic E-state index is 14.6. The van der Waals surface area contributed by atoms with Crippen LogP contribution in [0.15, 0.2) is 73.2 Å². The lowest BCUT2D eigenvalue weighted by Crippen LogP contribution is -2.20. The van der Waals surface area contributed by atoms with Crippen LogP contribution in [0, 0.1) is 5.82 Å². The third-order valence-corrected chi connectivity index (χ3v) is 6.24. The predicted octanol–water partition coefficient (Wildman–Crippen LogP) is 5.34. The van der Waals surface area contributed by atoms with Crippen LogP contribution in [0.4, 0.5) is 10.1 Å². The van der Waals surface area contributed by atoms with Gasteiger partial charge in [0, 0.05) is 53.0 Å². The summed E-state index contributed by atoms with van der Waals surface area (Å²) in [7, 11) is 4.01. The van der Waals surface area contributed by atoms with Crippen molar-refractivity contribution >= 4 is 27.5 Å². The molecule has 0 bridgehead atoms. The zero-order valence-corrected chi connectivity index (χ0v) is 20.5. The minimum Gasteiger partial charge on any atom is -0.384 e. The molecule has 184 valence electrons. The molecule has 0 amide bonds. The number of nitrogens with zero attached hydrogens (tertiary/aromatic N) is 5. The van der Waals surface area contributed by atoms with Gasteiger partial charge in [-0.2, -0.15) is 5.10 Å². The average molecular weight is 493 g/mol. The number of benzene rings is 1. The van der Waals surface area contributed by atoms with E-state index in [1.54, 1.807) is 18.6 Å². The van der Waals surface area contributed by atoms with Crippen molar-refractivity contribution in [2.45, 2.75) is 0 Å². The zero-order chi connectivity index (χ0) is 25.4. The lowest BCUT2D eigenvalue weighted by atomic mass is 10.1. The molecule has 3 N–H and O–H groups in total. The Balaban J connectivity index is 1.41. The van der Waals surface area contributed by atoms with Crippen LogP contribution in [0.3, 0.4) is 0 Å². The first-order chi connectivity index (χ1) is 18.0. The molecule has 0 spiro atoms. The molecule has 0 saturated carbocycles. The van der Waals surface area contributed by atoms with Crippen LogP contribution >= 0.6 is 0 Å². The number of hydrogen-bond acceptors (Lipinski definition) is 6. The summed E-state index contributed by atoms with van der Waals surface area (Å²) in [5.41, 5.74) is 6.99. The molecule has 0 atom stereocenters. The van der Waals surface area contributed by atoms with Gasteiger partial charge in [-0.25, -0.2) is 4.39 Å². The summed E-state index contributed by atoms with van der Waals surface area (Å²) < 4.78 is 14.6. The molecule has 5 aromatic heterocycles. The second-order valence-electron chi connectivity index (χ2n) is 9.16. The summed E-state index contributed by atoms with van der Waals surface area (Å²) in [6.45, 7) is 1.56. The van der Waals surface area contributed by atoms with Crippen molar-refractivity contribution in [2.24, 2.45) is 0 Å². The van der Waals surface area contributed by atoms with Crippen LogP contribution < -0.4 is 5.32 Å². The van der Waals surface area contributed by atoms with E-state index >= 15 is 0 Å². The van der Waals surface area contributed by atoms with E-state index in [1.165, 1.54) is 12.1 Å². The molecule has 0 fully saturated rings. The molecule has 0 aliphatic carbocycles. The molecular weight excluding hydrogens is 467 g/mol. The van der Waals surface area contributed by atoms with Crippen molar-refractivity contribution in [3.05, 3.63) is 79.0 Å². The summed E-state index contributed by atoms with van der Waals surface area (Å²) in [5, 5.41) is 12.7. The second-order valence-corrected chi connectivity index (χ2v) is 9.16. The summed E-state index contributed by atoms with van der Waals surface area (Å²) in [4.78, 5) is 19.1. The second kappa shape index (κ2) is 9.44. The lowest BCUT2D eigenvalue weighted by Gasteiger charge is -2.12. The molecule has 6 rings (SSSR count). The van der Waals surface area contributed by atoms with Crippen LogP contribution in [0.25, 0.3) is 55.8 Å². The van der Waals surface area contributed by atoms with Crippen LogP contribution in [-0.2, 0) is 0 Å². The standard InChI is InChI=1S/C28H25FN8/c1-37(2)10-9-30-19-12-17(11-18(29)13-19)27-20-15-25(34-22(20)6-8-32-27)28-21-14-24(23-5-3-4-7-31-23)33-16-26(21)35-36-28/h3-8,11-16,30,34H,9-10H2,1-2H3,(H,35,36). The topological polar surface area (TPSA) is 98.4 Å². The molecule has 0 unspecified atom stereocenters. The molecule has 0 aliphatic rings. The van der Waals surface area contributed by atoms with Crippen molar-refractivity contribution in [1.29, 1.82) is 0 Å². The van der Waals surface area contributed by atoms with E-state index in [-0.39, 0.29) is 5.82 Å². The summed E-state index contributed by atoms with van der Waals surface area (Å²) in [6, 6.07) is 16.6. The van der Waals surface area contributed by atoms with E-state index in [0.717, 1.165) is 56.8 Å². The minimum atomic E-state index is -0.313. The van der Waals surface area contributed by atoms with Gasteiger partial charge in [0.15, 0.2) is 0 Å². The SMILES string of the molecule is CN(C)CCNc1cc(F)cc(-c2nccc3[nH]c(-c4n[nH]c5cnc(-c6ccccn6)cc45)cc23)c1. The molecule has 5 heterocycles. The first kappa shape index (κ1) is 22.8. The molecule has 9 heteroatoms. The van der Waals surface area contributed by atoms with E-state index in [0.29, 0.717) is 17.8 Å². The van der Waals surface area contributed by atoms with E-state index in [4.69, 9.17) is 0 Å². The number of fused-ring (bicyclic) bond motifs is 2. The van der Waals surface area contributed by atoms with Gasteiger partial charge in [0.2, 0.25) is 0 Å². The van der Waals surface area contributed by atoms with Gasteiger partial charge in [0.1, 0.15) is 11.5 Å². The highest BCUT2D eigenvalue weighted by molar-refractivity contribution is 6.00. The van der Waals surface area contributed by atoms with Crippen LogP contribution in [0.5, 0.6) is 0 Å². The largest absolute Gasteiger partial charge is 0.384 e. The lowest BCUT2D eigenvalue weighted by molar-refractivity contribution is 0.425. The van der Waals surface area contributed by atoms with E-state index in [9.17, 15) is 4.39 Å². The number of H-pyrrole nitrogens is 2. The minimum absolute atomic E-state index is 0.313. The Labute approximate surface area is 212 Å². The van der Waals surface area contributed by atoms with Crippen LogP contribution in [0.2, 0.25) is 0 Å². The number of anilines is 1. The smallest absolute Gasteiger partial charge is 0.125 e. The summed E-state index contributed by atoms with van der Waals surface area (Å²) in [5.74, 6) is -0.313. The highest BCUT2D eigenvalue weighted by Gasteiger charge is 2.16. The van der Waals surface area contributed by atoms with Gasteiger partial charge in [-0.05, 0) is 62.6 Å². The highest BCUT2D eigenvalue weighted by atomic mass is 19.1. The Hall–Kier alpha value is -4.63. The van der Waals surface area contributed by atoms with Gasteiger partial charge in [-0.3, -0.25) is 20.1 Å². The fraction of sp³-hybridized carbons (Fsp3) is 0.143. The monoisotopic (exact) mass is 492 g/mol. The van der Waals surface area contributed by atoms with Crippen molar-refractivity contribution in [3.63, 3.8) is 0 Å². The van der Waals surface area contributed by atoms with Gasteiger partial charge in [0.25, 0.3) is 0 Å². The van der Waals surface area contributed by atoms with Gasteiger partial charge in [0.05, 0.1) is 34.5 Å². The van der Waals surface area contributed by atoms with Gasteiger partial charge in [-0.15, -0.1) is 0 Å². The number of rotatable bonds is 7.